The third kappa shape index (κ3) is 5.58. The average molecular weight is 475 g/mol. The number of amides is 1. The first-order valence-electron chi connectivity index (χ1n) is 10.9. The Bertz CT molecular complexity index is 1240. The maximum absolute atomic E-state index is 12.6. The zero-order valence-corrected chi connectivity index (χ0v) is 20.1. The molecule has 0 atom stereocenters. The van der Waals surface area contributed by atoms with Crippen molar-refractivity contribution in [3.8, 4) is 28.6 Å². The third-order valence-corrected chi connectivity index (χ3v) is 5.98. The van der Waals surface area contributed by atoms with Crippen molar-refractivity contribution in [3.05, 3.63) is 78.4 Å². The normalized spacial score (nSPS) is 10.7. The minimum absolute atomic E-state index is 0.131. The maximum atomic E-state index is 12.6. The Kier molecular flexibility index (Phi) is 7.49. The van der Waals surface area contributed by atoms with Crippen LogP contribution in [0.25, 0.3) is 17.1 Å². The second kappa shape index (κ2) is 10.9. The molecular formula is C26H26N4O3S. The summed E-state index contributed by atoms with van der Waals surface area (Å²) < 4.78 is 12.7. The summed E-state index contributed by atoms with van der Waals surface area (Å²) in [4.78, 5) is 12.6. The van der Waals surface area contributed by atoms with E-state index in [-0.39, 0.29) is 11.7 Å². The Labute approximate surface area is 203 Å². The van der Waals surface area contributed by atoms with Gasteiger partial charge in [-0.05, 0) is 62.4 Å². The number of rotatable bonds is 9. The van der Waals surface area contributed by atoms with Gasteiger partial charge in [0, 0.05) is 16.9 Å². The Balaban J connectivity index is 1.57. The fourth-order valence-corrected chi connectivity index (χ4v) is 4.10. The van der Waals surface area contributed by atoms with Crippen molar-refractivity contribution >= 4 is 23.4 Å². The van der Waals surface area contributed by atoms with Gasteiger partial charge in [-0.25, -0.2) is 0 Å². The van der Waals surface area contributed by atoms with Gasteiger partial charge in [0.15, 0.2) is 11.0 Å². The molecule has 3 aromatic carbocycles. The van der Waals surface area contributed by atoms with Gasteiger partial charge in [-0.3, -0.25) is 9.36 Å². The number of hydrogen-bond acceptors (Lipinski definition) is 6. The molecule has 0 fully saturated rings. The van der Waals surface area contributed by atoms with Crippen LogP contribution in [0.1, 0.15) is 12.5 Å². The van der Waals surface area contributed by atoms with Gasteiger partial charge in [0.1, 0.15) is 11.5 Å². The molecule has 0 aliphatic carbocycles. The molecule has 0 aliphatic heterocycles. The quantitative estimate of drug-likeness (QED) is 0.328. The van der Waals surface area contributed by atoms with Crippen LogP contribution in [0, 0.1) is 6.92 Å². The highest BCUT2D eigenvalue weighted by molar-refractivity contribution is 7.99. The fraction of sp³-hybridized carbons (Fsp3) is 0.192. The molecule has 174 valence electrons. The minimum atomic E-state index is -0.131. The van der Waals surface area contributed by atoms with E-state index in [1.807, 2.05) is 66.9 Å². The molecule has 8 heteroatoms. The van der Waals surface area contributed by atoms with Crippen molar-refractivity contribution in [1.82, 2.24) is 14.8 Å². The number of nitrogens with zero attached hydrogens (tertiary/aromatic N) is 3. The number of ether oxygens (including phenoxy) is 2. The van der Waals surface area contributed by atoms with Crippen LogP contribution in [0.2, 0.25) is 0 Å². The SMILES string of the molecule is CCOc1ccc(-n2c(SCC(=O)Nc3ccc(OC)cc3)nnc2-c2ccc(C)cc2)cc1. The molecule has 0 unspecified atom stereocenters. The molecular weight excluding hydrogens is 448 g/mol. The van der Waals surface area contributed by atoms with Crippen molar-refractivity contribution in [2.45, 2.75) is 19.0 Å². The maximum Gasteiger partial charge on any atom is 0.234 e. The van der Waals surface area contributed by atoms with Crippen LogP contribution < -0.4 is 14.8 Å². The summed E-state index contributed by atoms with van der Waals surface area (Å²) in [6.07, 6.45) is 0. The summed E-state index contributed by atoms with van der Waals surface area (Å²) in [6, 6.07) is 23.1. The van der Waals surface area contributed by atoms with Crippen LogP contribution in [0.5, 0.6) is 11.5 Å². The van der Waals surface area contributed by atoms with E-state index in [4.69, 9.17) is 9.47 Å². The van der Waals surface area contributed by atoms with Gasteiger partial charge in [0.05, 0.1) is 19.5 Å². The molecule has 0 aliphatic rings. The highest BCUT2D eigenvalue weighted by Crippen LogP contribution is 2.29. The lowest BCUT2D eigenvalue weighted by molar-refractivity contribution is -0.113. The van der Waals surface area contributed by atoms with E-state index in [0.29, 0.717) is 23.3 Å². The standard InChI is InChI=1S/C26H26N4O3S/c1-4-33-23-15-11-21(12-16-23)30-25(19-7-5-18(2)6-8-19)28-29-26(30)34-17-24(31)27-20-9-13-22(32-3)14-10-20/h5-16H,4,17H2,1-3H3,(H,27,31). The first-order chi connectivity index (χ1) is 16.6. The first kappa shape index (κ1) is 23.4. The van der Waals surface area contributed by atoms with Crippen LogP contribution in [0.3, 0.4) is 0 Å². The fourth-order valence-electron chi connectivity index (χ4n) is 3.35. The molecule has 4 aromatic rings. The number of hydrogen-bond donors (Lipinski definition) is 1. The van der Waals surface area contributed by atoms with Crippen molar-refractivity contribution in [2.75, 3.05) is 24.8 Å². The van der Waals surface area contributed by atoms with Gasteiger partial charge >= 0.3 is 0 Å². The summed E-state index contributed by atoms with van der Waals surface area (Å²) in [6.45, 7) is 4.60. The van der Waals surface area contributed by atoms with E-state index < -0.39 is 0 Å². The Morgan fingerprint density at radius 3 is 2.26 bits per heavy atom. The van der Waals surface area contributed by atoms with Crippen LogP contribution in [0.4, 0.5) is 5.69 Å². The molecule has 7 nitrogen and oxygen atoms in total. The average Bonchev–Trinajstić information content (AvgIpc) is 3.28. The number of nitrogens with one attached hydrogen (secondary N) is 1. The van der Waals surface area contributed by atoms with Crippen LogP contribution in [-0.2, 0) is 4.79 Å². The lowest BCUT2D eigenvalue weighted by Crippen LogP contribution is -2.14. The lowest BCUT2D eigenvalue weighted by atomic mass is 10.1. The highest BCUT2D eigenvalue weighted by atomic mass is 32.2. The van der Waals surface area contributed by atoms with E-state index in [9.17, 15) is 4.79 Å². The summed E-state index contributed by atoms with van der Waals surface area (Å²) in [5.74, 6) is 2.30. The van der Waals surface area contributed by atoms with Crippen molar-refractivity contribution in [1.29, 1.82) is 0 Å². The zero-order valence-electron chi connectivity index (χ0n) is 19.3. The van der Waals surface area contributed by atoms with Crippen LogP contribution in [0.15, 0.2) is 78.0 Å². The van der Waals surface area contributed by atoms with E-state index >= 15 is 0 Å². The van der Waals surface area contributed by atoms with E-state index in [1.165, 1.54) is 17.3 Å². The van der Waals surface area contributed by atoms with Gasteiger partial charge in [-0.15, -0.1) is 10.2 Å². The predicted molar refractivity (Wildman–Crippen MR) is 135 cm³/mol. The molecule has 1 N–H and O–H groups in total. The van der Waals surface area contributed by atoms with Crippen LogP contribution in [-0.4, -0.2) is 40.1 Å². The molecule has 1 heterocycles. The molecule has 0 saturated heterocycles. The van der Waals surface area contributed by atoms with E-state index in [0.717, 1.165) is 22.7 Å². The minimum Gasteiger partial charge on any atom is -0.497 e. The third-order valence-electron chi connectivity index (χ3n) is 5.06. The van der Waals surface area contributed by atoms with Gasteiger partial charge in [-0.1, -0.05) is 41.6 Å². The number of thioether (sulfide) groups is 1. The van der Waals surface area contributed by atoms with Gasteiger partial charge < -0.3 is 14.8 Å². The molecule has 0 spiro atoms. The Hall–Kier alpha value is -3.78. The number of carbonyl (C=O) groups excluding carboxylic acids is 1. The molecule has 0 saturated carbocycles. The molecule has 1 amide bonds. The number of aryl methyl sites for hydroxylation is 1. The van der Waals surface area contributed by atoms with Crippen molar-refractivity contribution < 1.29 is 14.3 Å². The lowest BCUT2D eigenvalue weighted by Gasteiger charge is -2.12. The molecule has 0 radical (unpaired) electrons. The predicted octanol–water partition coefficient (Wildman–Crippen LogP) is 5.38. The van der Waals surface area contributed by atoms with Crippen molar-refractivity contribution in [3.63, 3.8) is 0 Å². The molecule has 0 bridgehead atoms. The molecule has 4 rings (SSSR count). The second-order valence-corrected chi connectivity index (χ2v) is 8.44. The van der Waals surface area contributed by atoms with Crippen LogP contribution >= 0.6 is 11.8 Å². The molecule has 1 aromatic heterocycles. The number of aromatic nitrogens is 3. The number of benzene rings is 3. The summed E-state index contributed by atoms with van der Waals surface area (Å²) in [5.41, 5.74) is 3.71. The van der Waals surface area contributed by atoms with E-state index in [2.05, 4.69) is 15.5 Å². The molecule has 34 heavy (non-hydrogen) atoms. The zero-order chi connectivity index (χ0) is 23.9. The van der Waals surface area contributed by atoms with Gasteiger partial charge in [-0.2, -0.15) is 0 Å². The van der Waals surface area contributed by atoms with E-state index in [1.54, 1.807) is 31.4 Å². The summed E-state index contributed by atoms with van der Waals surface area (Å²) in [5, 5.41) is 12.4. The number of anilines is 1. The monoisotopic (exact) mass is 474 g/mol. The first-order valence-corrected chi connectivity index (χ1v) is 11.9. The summed E-state index contributed by atoms with van der Waals surface area (Å²) in [7, 11) is 1.61. The van der Waals surface area contributed by atoms with Gasteiger partial charge in [0.25, 0.3) is 0 Å². The smallest absolute Gasteiger partial charge is 0.234 e. The Morgan fingerprint density at radius 2 is 1.62 bits per heavy atom. The number of carbonyl (C=O) groups is 1. The number of methoxy groups -OCH3 is 1. The largest absolute Gasteiger partial charge is 0.497 e. The highest BCUT2D eigenvalue weighted by Gasteiger charge is 2.17. The Morgan fingerprint density at radius 1 is 0.941 bits per heavy atom. The topological polar surface area (TPSA) is 78.3 Å². The van der Waals surface area contributed by atoms with Gasteiger partial charge in [0.2, 0.25) is 5.91 Å². The van der Waals surface area contributed by atoms with Crippen molar-refractivity contribution in [2.24, 2.45) is 0 Å². The summed E-state index contributed by atoms with van der Waals surface area (Å²) >= 11 is 1.33. The second-order valence-electron chi connectivity index (χ2n) is 7.50.